The van der Waals surface area contributed by atoms with Crippen molar-refractivity contribution in [1.82, 2.24) is 4.98 Å². The number of benzene rings is 1. The van der Waals surface area contributed by atoms with E-state index in [1.807, 2.05) is 24.3 Å². The quantitative estimate of drug-likeness (QED) is 0.921. The first-order valence-electron chi connectivity index (χ1n) is 6.76. The minimum atomic E-state index is -0.0426. The molecule has 1 aromatic carbocycles. The smallest absolute Gasteiger partial charge is 0.228 e. The first-order chi connectivity index (χ1) is 9.72. The maximum absolute atomic E-state index is 11.8. The zero-order chi connectivity index (χ0) is 13.9. The average Bonchev–Trinajstić information content (AvgIpc) is 2.80. The van der Waals surface area contributed by atoms with Gasteiger partial charge in [0.15, 0.2) is 0 Å². The molecule has 102 valence electrons. The molecule has 0 bridgehead atoms. The zero-order valence-electron chi connectivity index (χ0n) is 11.2. The predicted octanol–water partition coefficient (Wildman–Crippen LogP) is 1.74. The van der Waals surface area contributed by atoms with Crippen LogP contribution in [0.3, 0.4) is 0 Å². The average molecular weight is 267 g/mol. The molecular formula is C16H17N3O. The number of carbonyl (C=O) groups excluding carboxylic acids is 1. The summed E-state index contributed by atoms with van der Waals surface area (Å²) in [5.74, 6) is 0.111. The molecule has 1 aliphatic heterocycles. The van der Waals surface area contributed by atoms with Crippen molar-refractivity contribution in [2.24, 2.45) is 5.73 Å². The van der Waals surface area contributed by atoms with Crippen molar-refractivity contribution in [1.29, 1.82) is 0 Å². The number of rotatable bonds is 3. The largest absolute Gasteiger partial charge is 0.326 e. The summed E-state index contributed by atoms with van der Waals surface area (Å²) in [6.07, 6.45) is 4.91. The molecule has 3 rings (SSSR count). The van der Waals surface area contributed by atoms with Crippen LogP contribution in [-0.4, -0.2) is 23.5 Å². The SMILES string of the molecule is NC1CC(=O)N(c2ccc(Cc3ccncc3)cc2)C1. The van der Waals surface area contributed by atoms with Crippen molar-refractivity contribution in [2.75, 3.05) is 11.4 Å². The monoisotopic (exact) mass is 267 g/mol. The minimum Gasteiger partial charge on any atom is -0.326 e. The van der Waals surface area contributed by atoms with Crippen molar-refractivity contribution < 1.29 is 4.79 Å². The summed E-state index contributed by atoms with van der Waals surface area (Å²) in [6, 6.07) is 12.1. The van der Waals surface area contributed by atoms with E-state index in [2.05, 4.69) is 17.1 Å². The summed E-state index contributed by atoms with van der Waals surface area (Å²) >= 11 is 0. The highest BCUT2D eigenvalue weighted by atomic mass is 16.2. The van der Waals surface area contributed by atoms with Crippen molar-refractivity contribution in [3.8, 4) is 0 Å². The third-order valence-corrected chi connectivity index (χ3v) is 3.56. The van der Waals surface area contributed by atoms with Crippen LogP contribution in [0.4, 0.5) is 5.69 Å². The Bertz CT molecular complexity index is 595. The number of nitrogens with two attached hydrogens (primary N) is 1. The molecule has 1 atom stereocenters. The van der Waals surface area contributed by atoms with Gasteiger partial charge in [0.1, 0.15) is 0 Å². The predicted molar refractivity (Wildman–Crippen MR) is 78.4 cm³/mol. The first kappa shape index (κ1) is 12.8. The lowest BCUT2D eigenvalue weighted by Crippen LogP contribution is -2.27. The standard InChI is InChI=1S/C16H17N3O/c17-14-10-16(20)19(11-14)15-3-1-12(2-4-15)9-13-5-7-18-8-6-13/h1-8,14H,9-11,17H2. The van der Waals surface area contributed by atoms with Gasteiger partial charge in [0.2, 0.25) is 5.91 Å². The number of aromatic nitrogens is 1. The van der Waals surface area contributed by atoms with Crippen LogP contribution < -0.4 is 10.6 Å². The Labute approximate surface area is 118 Å². The fourth-order valence-electron chi connectivity index (χ4n) is 2.51. The molecule has 4 nitrogen and oxygen atoms in total. The van der Waals surface area contributed by atoms with E-state index in [1.165, 1.54) is 11.1 Å². The van der Waals surface area contributed by atoms with Gasteiger partial charge in [-0.05, 0) is 41.8 Å². The third-order valence-electron chi connectivity index (χ3n) is 3.56. The number of pyridine rings is 1. The van der Waals surface area contributed by atoms with Crippen molar-refractivity contribution in [3.63, 3.8) is 0 Å². The summed E-state index contributed by atoms with van der Waals surface area (Å²) < 4.78 is 0. The highest BCUT2D eigenvalue weighted by Gasteiger charge is 2.27. The summed E-state index contributed by atoms with van der Waals surface area (Å²) in [7, 11) is 0. The van der Waals surface area contributed by atoms with E-state index in [-0.39, 0.29) is 11.9 Å². The molecule has 0 aliphatic carbocycles. The highest BCUT2D eigenvalue weighted by molar-refractivity contribution is 5.96. The first-order valence-corrected chi connectivity index (χ1v) is 6.76. The molecule has 2 heterocycles. The van der Waals surface area contributed by atoms with Gasteiger partial charge in [-0.15, -0.1) is 0 Å². The van der Waals surface area contributed by atoms with Crippen molar-refractivity contribution in [3.05, 3.63) is 59.9 Å². The molecule has 1 aromatic heterocycles. The van der Waals surface area contributed by atoms with Gasteiger partial charge in [0.05, 0.1) is 0 Å². The van der Waals surface area contributed by atoms with Crippen LogP contribution in [-0.2, 0) is 11.2 Å². The number of hydrogen-bond acceptors (Lipinski definition) is 3. The Morgan fingerprint density at radius 2 is 1.75 bits per heavy atom. The minimum absolute atomic E-state index is 0.0426. The molecule has 1 amide bonds. The topological polar surface area (TPSA) is 59.2 Å². The van der Waals surface area contributed by atoms with E-state index >= 15 is 0 Å². The van der Waals surface area contributed by atoms with Gasteiger partial charge >= 0.3 is 0 Å². The molecule has 4 heteroatoms. The summed E-state index contributed by atoms with van der Waals surface area (Å²) in [5, 5.41) is 0. The Morgan fingerprint density at radius 1 is 1.10 bits per heavy atom. The number of hydrogen-bond donors (Lipinski definition) is 1. The molecule has 0 spiro atoms. The molecule has 1 fully saturated rings. The number of anilines is 1. The van der Waals surface area contributed by atoms with Gasteiger partial charge in [-0.1, -0.05) is 12.1 Å². The van der Waals surface area contributed by atoms with Crippen LogP contribution in [0.2, 0.25) is 0 Å². The molecule has 0 radical (unpaired) electrons. The second-order valence-corrected chi connectivity index (χ2v) is 5.17. The van der Waals surface area contributed by atoms with Gasteiger partial charge in [0, 0.05) is 37.1 Å². The Balaban J connectivity index is 1.73. The summed E-state index contributed by atoms with van der Waals surface area (Å²) in [5.41, 5.74) is 9.20. The normalized spacial score (nSPS) is 18.6. The lowest BCUT2D eigenvalue weighted by Gasteiger charge is -2.16. The van der Waals surface area contributed by atoms with E-state index < -0.39 is 0 Å². The Morgan fingerprint density at radius 3 is 2.35 bits per heavy atom. The van der Waals surface area contributed by atoms with Gasteiger partial charge in [-0.2, -0.15) is 0 Å². The summed E-state index contributed by atoms with van der Waals surface area (Å²) in [4.78, 5) is 17.6. The molecule has 1 unspecified atom stereocenters. The molecule has 1 saturated heterocycles. The zero-order valence-corrected chi connectivity index (χ0v) is 11.2. The molecule has 20 heavy (non-hydrogen) atoms. The van der Waals surface area contributed by atoms with Gasteiger partial charge < -0.3 is 10.6 Å². The van der Waals surface area contributed by atoms with E-state index in [0.717, 1.165) is 12.1 Å². The van der Waals surface area contributed by atoms with Gasteiger partial charge in [-0.3, -0.25) is 9.78 Å². The van der Waals surface area contributed by atoms with Gasteiger partial charge in [0.25, 0.3) is 0 Å². The summed E-state index contributed by atoms with van der Waals surface area (Å²) in [6.45, 7) is 0.614. The molecule has 0 saturated carbocycles. The number of carbonyl (C=O) groups is 1. The second kappa shape index (κ2) is 5.43. The van der Waals surface area contributed by atoms with E-state index in [0.29, 0.717) is 13.0 Å². The number of nitrogens with zero attached hydrogens (tertiary/aromatic N) is 2. The van der Waals surface area contributed by atoms with Crippen molar-refractivity contribution in [2.45, 2.75) is 18.9 Å². The lowest BCUT2D eigenvalue weighted by molar-refractivity contribution is -0.117. The molecule has 2 aromatic rings. The van der Waals surface area contributed by atoms with Crippen LogP contribution in [0.15, 0.2) is 48.8 Å². The van der Waals surface area contributed by atoms with Crippen LogP contribution in [0.1, 0.15) is 17.5 Å². The van der Waals surface area contributed by atoms with Crippen molar-refractivity contribution >= 4 is 11.6 Å². The Hall–Kier alpha value is -2.20. The fraction of sp³-hybridized carbons (Fsp3) is 0.250. The van der Waals surface area contributed by atoms with Crippen LogP contribution in [0, 0.1) is 0 Å². The molecular weight excluding hydrogens is 250 g/mol. The molecule has 1 aliphatic rings. The Kier molecular flexibility index (Phi) is 3.48. The second-order valence-electron chi connectivity index (χ2n) is 5.17. The van der Waals surface area contributed by atoms with E-state index in [9.17, 15) is 4.79 Å². The van der Waals surface area contributed by atoms with Crippen LogP contribution in [0.5, 0.6) is 0 Å². The van der Waals surface area contributed by atoms with E-state index in [1.54, 1.807) is 17.3 Å². The third kappa shape index (κ3) is 2.70. The fourth-order valence-corrected chi connectivity index (χ4v) is 2.51. The maximum atomic E-state index is 11.8. The maximum Gasteiger partial charge on any atom is 0.228 e. The van der Waals surface area contributed by atoms with Crippen LogP contribution in [0.25, 0.3) is 0 Å². The number of amides is 1. The van der Waals surface area contributed by atoms with Gasteiger partial charge in [-0.25, -0.2) is 0 Å². The van der Waals surface area contributed by atoms with Crippen LogP contribution >= 0.6 is 0 Å². The highest BCUT2D eigenvalue weighted by Crippen LogP contribution is 2.22. The lowest BCUT2D eigenvalue weighted by atomic mass is 10.1. The molecule has 2 N–H and O–H groups in total. The van der Waals surface area contributed by atoms with E-state index in [4.69, 9.17) is 5.73 Å².